The Hall–Kier alpha value is -3.41. The van der Waals surface area contributed by atoms with Gasteiger partial charge >= 0.3 is 0 Å². The molecule has 3 aromatic rings. The van der Waals surface area contributed by atoms with Gasteiger partial charge in [-0.1, -0.05) is 36.4 Å². The number of anilines is 1. The Bertz CT molecular complexity index is 886. The normalized spacial score (nSPS) is 10.8. The number of rotatable bonds is 6. The maximum absolute atomic E-state index is 12.0. The Morgan fingerprint density at radius 3 is 2.76 bits per heavy atom. The highest BCUT2D eigenvalue weighted by Crippen LogP contribution is 2.18. The first-order valence-electron chi connectivity index (χ1n) is 7.93. The van der Waals surface area contributed by atoms with Crippen molar-refractivity contribution < 1.29 is 9.53 Å². The fourth-order valence-electron chi connectivity index (χ4n) is 2.30. The molecule has 126 valence electrons. The molecule has 0 aliphatic heterocycles. The van der Waals surface area contributed by atoms with Crippen molar-refractivity contribution in [3.63, 3.8) is 0 Å². The van der Waals surface area contributed by atoms with Gasteiger partial charge in [-0.15, -0.1) is 5.10 Å². The van der Waals surface area contributed by atoms with Crippen molar-refractivity contribution in [1.29, 1.82) is 0 Å². The molecule has 0 aliphatic rings. The summed E-state index contributed by atoms with van der Waals surface area (Å²) >= 11 is 0. The summed E-state index contributed by atoms with van der Waals surface area (Å²) in [6.45, 7) is 2.56. The summed E-state index contributed by atoms with van der Waals surface area (Å²) in [5, 5.41) is 9.75. The second kappa shape index (κ2) is 7.92. The Morgan fingerprint density at radius 1 is 1.16 bits per heavy atom. The summed E-state index contributed by atoms with van der Waals surface area (Å²) in [6, 6.07) is 15.2. The third kappa shape index (κ3) is 4.32. The molecule has 0 saturated heterocycles. The highest BCUT2D eigenvalue weighted by atomic mass is 16.5. The van der Waals surface area contributed by atoms with E-state index in [1.165, 1.54) is 6.08 Å². The van der Waals surface area contributed by atoms with Crippen LogP contribution in [0.2, 0.25) is 0 Å². The molecule has 1 heterocycles. The van der Waals surface area contributed by atoms with E-state index < -0.39 is 0 Å². The monoisotopic (exact) mass is 334 g/mol. The van der Waals surface area contributed by atoms with E-state index in [-0.39, 0.29) is 5.91 Å². The molecule has 0 bridgehead atoms. The summed E-state index contributed by atoms with van der Waals surface area (Å²) in [5.74, 6) is 1.02. The summed E-state index contributed by atoms with van der Waals surface area (Å²) < 4.78 is 5.38. The van der Waals surface area contributed by atoms with E-state index in [1.54, 1.807) is 12.3 Å². The zero-order chi connectivity index (χ0) is 17.5. The lowest BCUT2D eigenvalue weighted by molar-refractivity contribution is -0.116. The van der Waals surface area contributed by atoms with Gasteiger partial charge in [-0.3, -0.25) is 15.6 Å². The quantitative estimate of drug-likeness (QED) is 0.535. The third-order valence-corrected chi connectivity index (χ3v) is 3.49. The summed E-state index contributed by atoms with van der Waals surface area (Å²) in [5.41, 5.74) is 6.30. The zero-order valence-corrected chi connectivity index (χ0v) is 13.8. The van der Waals surface area contributed by atoms with Crippen LogP contribution in [0, 0.1) is 0 Å². The molecular weight excluding hydrogens is 316 g/mol. The standard InChI is InChI=1S/C19H18N4O2/c1-2-25-16-10-7-14(8-11-16)9-12-18(24)21-23-19-17-6-4-3-5-15(17)13-20-22-19/h3-13H,2H2,1H3,(H,21,24)(H,22,23)/b12-9+. The van der Waals surface area contributed by atoms with Gasteiger partial charge < -0.3 is 4.74 Å². The Morgan fingerprint density at radius 2 is 1.96 bits per heavy atom. The first kappa shape index (κ1) is 16.4. The second-order valence-electron chi connectivity index (χ2n) is 5.23. The van der Waals surface area contributed by atoms with Gasteiger partial charge in [-0.25, -0.2) is 0 Å². The van der Waals surface area contributed by atoms with E-state index in [0.717, 1.165) is 22.1 Å². The molecule has 0 radical (unpaired) electrons. The number of benzene rings is 2. The van der Waals surface area contributed by atoms with Gasteiger partial charge in [0.15, 0.2) is 5.82 Å². The van der Waals surface area contributed by atoms with Crippen molar-refractivity contribution in [1.82, 2.24) is 15.6 Å². The number of fused-ring (bicyclic) bond motifs is 1. The van der Waals surface area contributed by atoms with E-state index in [0.29, 0.717) is 12.4 Å². The van der Waals surface area contributed by atoms with Crippen LogP contribution in [0.5, 0.6) is 5.75 Å². The van der Waals surface area contributed by atoms with Gasteiger partial charge in [0, 0.05) is 16.8 Å². The minimum Gasteiger partial charge on any atom is -0.494 e. The molecule has 0 spiro atoms. The topological polar surface area (TPSA) is 76.1 Å². The number of aromatic nitrogens is 2. The Balaban J connectivity index is 1.60. The Kier molecular flexibility index (Phi) is 5.21. The molecule has 0 aliphatic carbocycles. The van der Waals surface area contributed by atoms with Crippen molar-refractivity contribution in [3.8, 4) is 5.75 Å². The van der Waals surface area contributed by atoms with E-state index in [9.17, 15) is 4.79 Å². The average Bonchev–Trinajstić information content (AvgIpc) is 2.66. The van der Waals surface area contributed by atoms with E-state index in [4.69, 9.17) is 4.74 Å². The van der Waals surface area contributed by atoms with Crippen molar-refractivity contribution in [3.05, 3.63) is 66.4 Å². The van der Waals surface area contributed by atoms with Crippen LogP contribution >= 0.6 is 0 Å². The fourth-order valence-corrected chi connectivity index (χ4v) is 2.30. The van der Waals surface area contributed by atoms with Gasteiger partial charge in [-0.05, 0) is 30.7 Å². The van der Waals surface area contributed by atoms with Crippen LogP contribution < -0.4 is 15.6 Å². The summed E-state index contributed by atoms with van der Waals surface area (Å²) in [7, 11) is 0. The summed E-state index contributed by atoms with van der Waals surface area (Å²) in [4.78, 5) is 12.0. The Labute approximate surface area is 145 Å². The predicted octanol–water partition coefficient (Wildman–Crippen LogP) is 3.19. The average molecular weight is 334 g/mol. The molecule has 0 atom stereocenters. The van der Waals surface area contributed by atoms with E-state index >= 15 is 0 Å². The van der Waals surface area contributed by atoms with Crippen LogP contribution in [-0.2, 0) is 4.79 Å². The predicted molar refractivity (Wildman–Crippen MR) is 97.9 cm³/mol. The molecule has 0 unspecified atom stereocenters. The smallest absolute Gasteiger partial charge is 0.262 e. The first-order chi connectivity index (χ1) is 12.3. The van der Waals surface area contributed by atoms with Crippen LogP contribution in [0.1, 0.15) is 12.5 Å². The highest BCUT2D eigenvalue weighted by molar-refractivity contribution is 5.95. The molecule has 1 aromatic heterocycles. The molecule has 0 saturated carbocycles. The highest BCUT2D eigenvalue weighted by Gasteiger charge is 2.03. The molecule has 2 aromatic carbocycles. The number of hydrazine groups is 1. The van der Waals surface area contributed by atoms with Crippen LogP contribution in [-0.4, -0.2) is 22.7 Å². The largest absolute Gasteiger partial charge is 0.494 e. The third-order valence-electron chi connectivity index (χ3n) is 3.49. The van der Waals surface area contributed by atoms with Gasteiger partial charge in [0.05, 0.1) is 12.8 Å². The number of nitrogens with one attached hydrogen (secondary N) is 2. The number of amides is 1. The van der Waals surface area contributed by atoms with Crippen molar-refractivity contribution >= 4 is 28.6 Å². The van der Waals surface area contributed by atoms with Crippen molar-refractivity contribution in [2.24, 2.45) is 0 Å². The lowest BCUT2D eigenvalue weighted by Gasteiger charge is -2.07. The maximum Gasteiger partial charge on any atom is 0.262 e. The summed E-state index contributed by atoms with van der Waals surface area (Å²) in [6.07, 6.45) is 4.84. The van der Waals surface area contributed by atoms with Crippen LogP contribution in [0.25, 0.3) is 16.8 Å². The van der Waals surface area contributed by atoms with Crippen LogP contribution in [0.15, 0.2) is 60.8 Å². The maximum atomic E-state index is 12.0. The first-order valence-corrected chi connectivity index (χ1v) is 7.93. The van der Waals surface area contributed by atoms with E-state index in [1.807, 2.05) is 55.5 Å². The van der Waals surface area contributed by atoms with Crippen molar-refractivity contribution in [2.75, 3.05) is 12.0 Å². The minimum atomic E-state index is -0.288. The zero-order valence-electron chi connectivity index (χ0n) is 13.8. The van der Waals surface area contributed by atoms with Gasteiger partial charge in [0.2, 0.25) is 0 Å². The van der Waals surface area contributed by atoms with E-state index in [2.05, 4.69) is 21.0 Å². The number of ether oxygens (including phenoxy) is 1. The molecule has 0 fully saturated rings. The second-order valence-corrected chi connectivity index (χ2v) is 5.23. The lowest BCUT2D eigenvalue weighted by Crippen LogP contribution is -2.28. The molecule has 2 N–H and O–H groups in total. The lowest BCUT2D eigenvalue weighted by atomic mass is 10.2. The van der Waals surface area contributed by atoms with Crippen LogP contribution in [0.4, 0.5) is 5.82 Å². The van der Waals surface area contributed by atoms with Crippen molar-refractivity contribution in [2.45, 2.75) is 6.92 Å². The van der Waals surface area contributed by atoms with Gasteiger partial charge in [0.25, 0.3) is 5.91 Å². The van der Waals surface area contributed by atoms with Gasteiger partial charge in [-0.2, -0.15) is 5.10 Å². The number of nitrogens with zero attached hydrogens (tertiary/aromatic N) is 2. The molecule has 25 heavy (non-hydrogen) atoms. The molecule has 3 rings (SSSR count). The molecule has 6 nitrogen and oxygen atoms in total. The number of hydrogen-bond donors (Lipinski definition) is 2. The number of hydrogen-bond acceptors (Lipinski definition) is 5. The van der Waals surface area contributed by atoms with Crippen LogP contribution in [0.3, 0.4) is 0 Å². The molecule has 6 heteroatoms. The number of carbonyl (C=O) groups excluding carboxylic acids is 1. The molecular formula is C19H18N4O2. The number of carbonyl (C=O) groups is 1. The molecule has 1 amide bonds. The SMILES string of the molecule is CCOc1ccc(/C=C/C(=O)NNc2nncc3ccccc23)cc1. The minimum absolute atomic E-state index is 0.288. The fraction of sp³-hybridized carbons (Fsp3) is 0.105. The van der Waals surface area contributed by atoms with Gasteiger partial charge in [0.1, 0.15) is 5.75 Å².